The lowest BCUT2D eigenvalue weighted by atomic mass is 10.1. The van der Waals surface area contributed by atoms with Gasteiger partial charge in [0.2, 0.25) is 0 Å². The fraction of sp³-hybridized carbons (Fsp3) is 0.231. The van der Waals surface area contributed by atoms with E-state index < -0.39 is 6.10 Å². The number of aliphatic hydroxyl groups excluding tert-OH is 1. The van der Waals surface area contributed by atoms with E-state index in [4.69, 9.17) is 5.11 Å². The number of aromatic nitrogens is 2. The van der Waals surface area contributed by atoms with Crippen LogP contribution in [0.2, 0.25) is 0 Å². The maximum atomic E-state index is 12.8. The highest BCUT2D eigenvalue weighted by Crippen LogP contribution is 2.17. The summed E-state index contributed by atoms with van der Waals surface area (Å²) in [4.78, 5) is 11.7. The second-order valence-corrected chi connectivity index (χ2v) is 4.23. The van der Waals surface area contributed by atoms with Gasteiger partial charge in [-0.1, -0.05) is 0 Å². The number of carbonyl (C=O) groups excluding carboxylic acids is 1. The smallest absolute Gasteiger partial charge is 0.269 e. The molecule has 1 aromatic heterocycles. The minimum absolute atomic E-state index is 0.170. The molecule has 0 radical (unpaired) electrons. The molecule has 100 valence electrons. The van der Waals surface area contributed by atoms with Gasteiger partial charge in [-0.05, 0) is 37.3 Å². The van der Waals surface area contributed by atoms with Gasteiger partial charge in [0, 0.05) is 12.1 Å². The van der Waals surface area contributed by atoms with E-state index in [0.29, 0.717) is 17.0 Å². The Kier molecular flexibility index (Phi) is 3.91. The van der Waals surface area contributed by atoms with Crippen LogP contribution in [-0.4, -0.2) is 33.9 Å². The summed E-state index contributed by atoms with van der Waals surface area (Å²) in [7, 11) is 0. The SMILES string of the molecule is CC(O)CNC(=O)c1cc(-c2ccc(F)cc2)n[nH]1. The number of nitrogens with zero attached hydrogens (tertiary/aromatic N) is 1. The van der Waals surface area contributed by atoms with Crippen LogP contribution in [0.1, 0.15) is 17.4 Å². The van der Waals surface area contributed by atoms with Crippen molar-refractivity contribution in [3.63, 3.8) is 0 Å². The third-order valence-corrected chi connectivity index (χ3v) is 2.52. The van der Waals surface area contributed by atoms with E-state index in [0.717, 1.165) is 0 Å². The van der Waals surface area contributed by atoms with Crippen molar-refractivity contribution in [3.05, 3.63) is 41.8 Å². The van der Waals surface area contributed by atoms with Gasteiger partial charge in [-0.2, -0.15) is 5.10 Å². The number of carbonyl (C=O) groups is 1. The Hall–Kier alpha value is -2.21. The molecule has 1 atom stereocenters. The van der Waals surface area contributed by atoms with E-state index in [1.165, 1.54) is 12.1 Å². The summed E-state index contributed by atoms with van der Waals surface area (Å²) in [6.07, 6.45) is -0.608. The number of rotatable bonds is 4. The lowest BCUT2D eigenvalue weighted by Crippen LogP contribution is -2.30. The van der Waals surface area contributed by atoms with Crippen molar-refractivity contribution in [1.29, 1.82) is 0 Å². The van der Waals surface area contributed by atoms with Gasteiger partial charge in [0.25, 0.3) is 5.91 Å². The molecular formula is C13H14FN3O2. The Morgan fingerprint density at radius 2 is 2.16 bits per heavy atom. The summed E-state index contributed by atoms with van der Waals surface area (Å²) < 4.78 is 12.8. The second-order valence-electron chi connectivity index (χ2n) is 4.23. The van der Waals surface area contributed by atoms with Gasteiger partial charge in [-0.25, -0.2) is 4.39 Å². The van der Waals surface area contributed by atoms with Crippen molar-refractivity contribution < 1.29 is 14.3 Å². The number of amides is 1. The third-order valence-electron chi connectivity index (χ3n) is 2.52. The molecule has 1 amide bonds. The average Bonchev–Trinajstić information content (AvgIpc) is 2.86. The lowest BCUT2D eigenvalue weighted by molar-refractivity contribution is 0.0919. The van der Waals surface area contributed by atoms with Crippen LogP contribution < -0.4 is 5.32 Å². The number of H-pyrrole nitrogens is 1. The topological polar surface area (TPSA) is 78.0 Å². The normalized spacial score (nSPS) is 12.2. The first-order valence-electron chi connectivity index (χ1n) is 5.84. The number of aromatic amines is 1. The van der Waals surface area contributed by atoms with Crippen LogP contribution in [0.15, 0.2) is 30.3 Å². The number of halogens is 1. The molecule has 1 unspecified atom stereocenters. The van der Waals surface area contributed by atoms with E-state index in [-0.39, 0.29) is 18.3 Å². The van der Waals surface area contributed by atoms with Crippen molar-refractivity contribution in [2.75, 3.05) is 6.54 Å². The molecule has 0 aliphatic rings. The lowest BCUT2D eigenvalue weighted by Gasteiger charge is -2.04. The Labute approximate surface area is 109 Å². The van der Waals surface area contributed by atoms with Crippen molar-refractivity contribution in [1.82, 2.24) is 15.5 Å². The maximum Gasteiger partial charge on any atom is 0.269 e. The highest BCUT2D eigenvalue weighted by molar-refractivity contribution is 5.93. The summed E-state index contributed by atoms with van der Waals surface area (Å²) in [6, 6.07) is 7.41. The van der Waals surface area contributed by atoms with Crippen LogP contribution in [0, 0.1) is 5.82 Å². The molecule has 0 spiro atoms. The molecule has 0 fully saturated rings. The molecule has 0 saturated carbocycles. The first-order valence-corrected chi connectivity index (χ1v) is 5.84. The largest absolute Gasteiger partial charge is 0.392 e. The van der Waals surface area contributed by atoms with Gasteiger partial charge in [0.15, 0.2) is 0 Å². The molecule has 3 N–H and O–H groups in total. The van der Waals surface area contributed by atoms with Crippen LogP contribution in [0.4, 0.5) is 4.39 Å². The van der Waals surface area contributed by atoms with Crippen molar-refractivity contribution >= 4 is 5.91 Å². The number of hydrogen-bond acceptors (Lipinski definition) is 3. The Morgan fingerprint density at radius 1 is 1.47 bits per heavy atom. The Bertz CT molecular complexity index is 564. The zero-order valence-corrected chi connectivity index (χ0v) is 10.4. The van der Waals surface area contributed by atoms with Crippen LogP contribution in [-0.2, 0) is 0 Å². The number of aliphatic hydroxyl groups is 1. The summed E-state index contributed by atoms with van der Waals surface area (Å²) in [5.41, 5.74) is 1.56. The minimum Gasteiger partial charge on any atom is -0.392 e. The van der Waals surface area contributed by atoms with E-state index in [9.17, 15) is 9.18 Å². The van der Waals surface area contributed by atoms with Gasteiger partial charge in [-0.3, -0.25) is 9.89 Å². The second kappa shape index (κ2) is 5.62. The molecule has 0 aliphatic carbocycles. The molecule has 0 aliphatic heterocycles. The summed E-state index contributed by atoms with van der Waals surface area (Å²) in [6.45, 7) is 1.75. The third kappa shape index (κ3) is 3.38. The minimum atomic E-state index is -0.608. The first-order chi connectivity index (χ1) is 9.06. The quantitative estimate of drug-likeness (QED) is 0.778. The van der Waals surface area contributed by atoms with Crippen LogP contribution in [0.5, 0.6) is 0 Å². The van der Waals surface area contributed by atoms with E-state index in [1.54, 1.807) is 25.1 Å². The summed E-state index contributed by atoms with van der Waals surface area (Å²) in [5.74, 6) is -0.670. The van der Waals surface area contributed by atoms with E-state index in [1.807, 2.05) is 0 Å². The predicted octanol–water partition coefficient (Wildman–Crippen LogP) is 1.33. The van der Waals surface area contributed by atoms with Gasteiger partial charge in [0.1, 0.15) is 11.5 Å². The van der Waals surface area contributed by atoms with E-state index in [2.05, 4.69) is 15.5 Å². The fourth-order valence-corrected chi connectivity index (χ4v) is 1.54. The Balaban J connectivity index is 2.10. The molecule has 5 nitrogen and oxygen atoms in total. The van der Waals surface area contributed by atoms with Crippen molar-refractivity contribution in [2.24, 2.45) is 0 Å². The fourth-order valence-electron chi connectivity index (χ4n) is 1.54. The highest BCUT2D eigenvalue weighted by atomic mass is 19.1. The number of hydrogen-bond donors (Lipinski definition) is 3. The van der Waals surface area contributed by atoms with Crippen LogP contribution in [0.25, 0.3) is 11.3 Å². The molecule has 1 heterocycles. The van der Waals surface area contributed by atoms with Gasteiger partial charge >= 0.3 is 0 Å². The summed E-state index contributed by atoms with van der Waals surface area (Å²) >= 11 is 0. The molecule has 2 aromatic rings. The molecule has 1 aromatic carbocycles. The van der Waals surface area contributed by atoms with Crippen LogP contribution >= 0.6 is 0 Å². The van der Waals surface area contributed by atoms with Crippen LogP contribution in [0.3, 0.4) is 0 Å². The monoisotopic (exact) mass is 263 g/mol. The molecule has 2 rings (SSSR count). The molecule has 0 saturated heterocycles. The zero-order valence-electron chi connectivity index (χ0n) is 10.4. The number of benzene rings is 1. The molecule has 6 heteroatoms. The number of nitrogens with one attached hydrogen (secondary N) is 2. The molecular weight excluding hydrogens is 249 g/mol. The van der Waals surface area contributed by atoms with Gasteiger partial charge < -0.3 is 10.4 Å². The summed E-state index contributed by atoms with van der Waals surface area (Å²) in [5, 5.41) is 18.2. The molecule has 0 bridgehead atoms. The van der Waals surface area contributed by atoms with Gasteiger partial charge in [-0.15, -0.1) is 0 Å². The average molecular weight is 263 g/mol. The standard InChI is InChI=1S/C13H14FN3O2/c1-8(18)7-15-13(19)12-6-11(16-17-12)9-2-4-10(14)5-3-9/h2-6,8,18H,7H2,1H3,(H,15,19)(H,16,17). The molecule has 19 heavy (non-hydrogen) atoms. The first kappa shape index (κ1) is 13.2. The van der Waals surface area contributed by atoms with E-state index >= 15 is 0 Å². The predicted molar refractivity (Wildman–Crippen MR) is 68.0 cm³/mol. The Morgan fingerprint density at radius 3 is 2.79 bits per heavy atom. The van der Waals surface area contributed by atoms with Gasteiger partial charge in [0.05, 0.1) is 11.8 Å². The maximum absolute atomic E-state index is 12.8. The highest BCUT2D eigenvalue weighted by Gasteiger charge is 2.11. The van der Waals surface area contributed by atoms with Crippen molar-refractivity contribution in [3.8, 4) is 11.3 Å². The zero-order chi connectivity index (χ0) is 13.8. The van der Waals surface area contributed by atoms with Crippen molar-refractivity contribution in [2.45, 2.75) is 13.0 Å².